The van der Waals surface area contributed by atoms with Crippen LogP contribution in [0, 0.1) is 5.92 Å². The van der Waals surface area contributed by atoms with Crippen LogP contribution in [0.1, 0.15) is 110 Å². The Labute approximate surface area is 134 Å². The lowest BCUT2D eigenvalue weighted by atomic mass is 10.0. The molecule has 1 aliphatic carbocycles. The largest absolute Gasteiger partial charge is 0.314 e. The number of hydrogen-bond donors (Lipinski definition) is 1. The molecular formula is C20H41N. The van der Waals surface area contributed by atoms with Gasteiger partial charge in [-0.15, -0.1) is 0 Å². The van der Waals surface area contributed by atoms with Crippen molar-refractivity contribution in [3.8, 4) is 0 Å². The van der Waals surface area contributed by atoms with Gasteiger partial charge in [-0.2, -0.15) is 0 Å². The van der Waals surface area contributed by atoms with Gasteiger partial charge in [0.15, 0.2) is 0 Å². The molecule has 0 heterocycles. The number of nitrogens with one attached hydrogen (secondary N) is 1. The minimum absolute atomic E-state index is 0.825. The predicted octanol–water partition coefficient (Wildman–Crippen LogP) is 6.47. The molecule has 1 aliphatic rings. The lowest BCUT2D eigenvalue weighted by molar-refractivity contribution is 0.413. The van der Waals surface area contributed by atoms with Crippen LogP contribution >= 0.6 is 0 Å². The average Bonchev–Trinajstić information content (AvgIpc) is 3.30. The monoisotopic (exact) mass is 295 g/mol. The molecule has 21 heavy (non-hydrogen) atoms. The molecule has 0 aromatic rings. The van der Waals surface area contributed by atoms with Crippen LogP contribution in [0.2, 0.25) is 0 Å². The van der Waals surface area contributed by atoms with Crippen molar-refractivity contribution in [1.82, 2.24) is 5.32 Å². The molecule has 0 aliphatic heterocycles. The summed E-state index contributed by atoms with van der Waals surface area (Å²) >= 11 is 0. The van der Waals surface area contributed by atoms with Gasteiger partial charge in [0.25, 0.3) is 0 Å². The summed E-state index contributed by atoms with van der Waals surface area (Å²) in [5.41, 5.74) is 0. The maximum atomic E-state index is 3.77. The van der Waals surface area contributed by atoms with Gasteiger partial charge < -0.3 is 5.32 Å². The summed E-state index contributed by atoms with van der Waals surface area (Å²) in [7, 11) is 0. The SMILES string of the molecule is CCCCCCCCCCCCC(CC1CC1)NCCC. The molecule has 0 radical (unpaired) electrons. The highest BCUT2D eigenvalue weighted by atomic mass is 14.9. The molecule has 1 heteroatoms. The van der Waals surface area contributed by atoms with E-state index in [9.17, 15) is 0 Å². The second-order valence-corrected chi connectivity index (χ2v) is 7.30. The quantitative estimate of drug-likeness (QED) is 0.322. The van der Waals surface area contributed by atoms with E-state index in [1.165, 1.54) is 103 Å². The molecule has 1 nitrogen and oxygen atoms in total. The van der Waals surface area contributed by atoms with Crippen molar-refractivity contribution >= 4 is 0 Å². The Morgan fingerprint density at radius 2 is 1.33 bits per heavy atom. The Morgan fingerprint density at radius 1 is 0.762 bits per heavy atom. The zero-order valence-corrected chi connectivity index (χ0v) is 15.0. The first-order valence-electron chi connectivity index (χ1n) is 10.1. The molecule has 0 saturated heterocycles. The number of rotatable bonds is 16. The molecule has 1 unspecified atom stereocenters. The molecule has 1 saturated carbocycles. The van der Waals surface area contributed by atoms with Gasteiger partial charge in [0.1, 0.15) is 0 Å². The summed E-state index contributed by atoms with van der Waals surface area (Å²) in [5.74, 6) is 1.07. The Bertz CT molecular complexity index is 210. The first-order valence-corrected chi connectivity index (χ1v) is 10.1. The standard InChI is InChI=1S/C20H41N/c1-3-5-6-7-8-9-10-11-12-13-14-20(21-17-4-2)18-19-15-16-19/h19-21H,3-18H2,1-2H3. The van der Waals surface area contributed by atoms with Crippen molar-refractivity contribution in [3.63, 3.8) is 0 Å². The summed E-state index contributed by atoms with van der Waals surface area (Å²) in [6.07, 6.45) is 21.7. The van der Waals surface area contributed by atoms with Gasteiger partial charge in [-0.25, -0.2) is 0 Å². The maximum absolute atomic E-state index is 3.77. The van der Waals surface area contributed by atoms with E-state index in [1.54, 1.807) is 0 Å². The van der Waals surface area contributed by atoms with Crippen LogP contribution in [0.25, 0.3) is 0 Å². The smallest absolute Gasteiger partial charge is 0.00696 e. The molecule has 1 atom stereocenters. The third kappa shape index (κ3) is 12.2. The zero-order valence-electron chi connectivity index (χ0n) is 15.0. The van der Waals surface area contributed by atoms with Crippen LogP contribution in [0.5, 0.6) is 0 Å². The highest BCUT2D eigenvalue weighted by molar-refractivity contribution is 4.80. The Kier molecular flexibility index (Phi) is 12.3. The van der Waals surface area contributed by atoms with E-state index in [-0.39, 0.29) is 0 Å². The van der Waals surface area contributed by atoms with E-state index >= 15 is 0 Å². The van der Waals surface area contributed by atoms with Crippen molar-refractivity contribution < 1.29 is 0 Å². The van der Waals surface area contributed by atoms with Gasteiger partial charge in [0.05, 0.1) is 0 Å². The molecule has 0 aromatic carbocycles. The van der Waals surface area contributed by atoms with Gasteiger partial charge in [-0.05, 0) is 31.7 Å². The predicted molar refractivity (Wildman–Crippen MR) is 95.9 cm³/mol. The molecule has 1 fully saturated rings. The first kappa shape index (κ1) is 19.0. The molecule has 1 rings (SSSR count). The van der Waals surface area contributed by atoms with Crippen molar-refractivity contribution in [1.29, 1.82) is 0 Å². The molecule has 0 bridgehead atoms. The Balaban J connectivity index is 1.86. The molecular weight excluding hydrogens is 254 g/mol. The summed E-state index contributed by atoms with van der Waals surface area (Å²) in [5, 5.41) is 3.77. The Morgan fingerprint density at radius 3 is 1.86 bits per heavy atom. The van der Waals surface area contributed by atoms with Gasteiger partial charge in [-0.3, -0.25) is 0 Å². The fourth-order valence-electron chi connectivity index (χ4n) is 3.29. The molecule has 0 amide bonds. The zero-order chi connectivity index (χ0) is 15.2. The normalized spacial score (nSPS) is 16.3. The van der Waals surface area contributed by atoms with Crippen LogP contribution in [0.3, 0.4) is 0 Å². The summed E-state index contributed by atoms with van der Waals surface area (Å²) in [4.78, 5) is 0. The second kappa shape index (κ2) is 13.6. The lowest BCUT2D eigenvalue weighted by Gasteiger charge is -2.18. The summed E-state index contributed by atoms with van der Waals surface area (Å²) in [6, 6.07) is 0.825. The maximum Gasteiger partial charge on any atom is 0.00696 e. The number of unbranched alkanes of at least 4 members (excludes halogenated alkanes) is 9. The second-order valence-electron chi connectivity index (χ2n) is 7.30. The average molecular weight is 296 g/mol. The molecule has 0 spiro atoms. The number of hydrogen-bond acceptors (Lipinski definition) is 1. The first-order chi connectivity index (χ1) is 10.4. The highest BCUT2D eigenvalue weighted by Crippen LogP contribution is 2.34. The minimum Gasteiger partial charge on any atom is -0.314 e. The van der Waals surface area contributed by atoms with Gasteiger partial charge in [-0.1, -0.05) is 90.9 Å². The summed E-state index contributed by atoms with van der Waals surface area (Å²) in [6.45, 7) is 5.79. The van der Waals surface area contributed by atoms with E-state index in [1.807, 2.05) is 0 Å². The van der Waals surface area contributed by atoms with Crippen molar-refractivity contribution in [2.75, 3.05) is 6.54 Å². The molecule has 126 valence electrons. The molecule has 1 N–H and O–H groups in total. The van der Waals surface area contributed by atoms with Crippen molar-refractivity contribution in [3.05, 3.63) is 0 Å². The topological polar surface area (TPSA) is 12.0 Å². The van der Waals surface area contributed by atoms with Crippen molar-refractivity contribution in [2.24, 2.45) is 5.92 Å². The van der Waals surface area contributed by atoms with Crippen LogP contribution in [0.4, 0.5) is 0 Å². The molecule has 0 aromatic heterocycles. The lowest BCUT2D eigenvalue weighted by Crippen LogP contribution is -2.30. The van der Waals surface area contributed by atoms with Crippen LogP contribution < -0.4 is 5.32 Å². The van der Waals surface area contributed by atoms with Crippen LogP contribution in [-0.4, -0.2) is 12.6 Å². The van der Waals surface area contributed by atoms with Gasteiger partial charge in [0.2, 0.25) is 0 Å². The van der Waals surface area contributed by atoms with Gasteiger partial charge >= 0.3 is 0 Å². The summed E-state index contributed by atoms with van der Waals surface area (Å²) < 4.78 is 0. The van der Waals surface area contributed by atoms with Crippen LogP contribution in [-0.2, 0) is 0 Å². The highest BCUT2D eigenvalue weighted by Gasteiger charge is 2.24. The van der Waals surface area contributed by atoms with E-state index in [0.29, 0.717) is 0 Å². The van der Waals surface area contributed by atoms with Crippen molar-refractivity contribution in [2.45, 2.75) is 116 Å². The van der Waals surface area contributed by atoms with Gasteiger partial charge in [0, 0.05) is 6.04 Å². The van der Waals surface area contributed by atoms with E-state index in [4.69, 9.17) is 0 Å². The third-order valence-electron chi connectivity index (χ3n) is 4.90. The fourth-order valence-corrected chi connectivity index (χ4v) is 3.29. The van der Waals surface area contributed by atoms with Crippen LogP contribution in [0.15, 0.2) is 0 Å². The van der Waals surface area contributed by atoms with E-state index < -0.39 is 0 Å². The minimum atomic E-state index is 0.825. The fraction of sp³-hybridized carbons (Fsp3) is 1.00. The van der Waals surface area contributed by atoms with E-state index in [0.717, 1.165) is 12.0 Å². The third-order valence-corrected chi connectivity index (χ3v) is 4.90. The van der Waals surface area contributed by atoms with E-state index in [2.05, 4.69) is 19.2 Å². The Hall–Kier alpha value is -0.0400.